The third-order valence-electron chi connectivity index (χ3n) is 3.08. The fourth-order valence-corrected chi connectivity index (χ4v) is 2.36. The van der Waals surface area contributed by atoms with Crippen LogP contribution in [0, 0.1) is 6.92 Å². The number of hydrogen-bond donors (Lipinski definition) is 1. The maximum absolute atomic E-state index is 6.02. The SMILES string of the molecule is Cc1ccc(Cl)cc1N1CCCC(ON)C1. The summed E-state index contributed by atoms with van der Waals surface area (Å²) in [5, 5.41) is 0.774. The van der Waals surface area contributed by atoms with E-state index in [-0.39, 0.29) is 6.10 Å². The Labute approximate surface area is 101 Å². The molecule has 0 radical (unpaired) electrons. The first-order valence-corrected chi connectivity index (χ1v) is 5.95. The van der Waals surface area contributed by atoms with Gasteiger partial charge in [0.25, 0.3) is 0 Å². The van der Waals surface area contributed by atoms with Gasteiger partial charge in [0, 0.05) is 23.8 Å². The van der Waals surface area contributed by atoms with E-state index in [4.69, 9.17) is 22.3 Å². The predicted molar refractivity (Wildman–Crippen MR) is 66.7 cm³/mol. The predicted octanol–water partition coefficient (Wildman–Crippen LogP) is 2.51. The van der Waals surface area contributed by atoms with Crippen LogP contribution in [0.25, 0.3) is 0 Å². The molecule has 1 fully saturated rings. The van der Waals surface area contributed by atoms with E-state index in [1.54, 1.807) is 0 Å². The van der Waals surface area contributed by atoms with E-state index in [0.717, 1.165) is 31.0 Å². The highest BCUT2D eigenvalue weighted by atomic mass is 35.5. The summed E-state index contributed by atoms with van der Waals surface area (Å²) in [6, 6.07) is 5.97. The van der Waals surface area contributed by atoms with Crippen LogP contribution >= 0.6 is 11.6 Å². The Morgan fingerprint density at radius 1 is 1.50 bits per heavy atom. The zero-order valence-electron chi connectivity index (χ0n) is 9.45. The van der Waals surface area contributed by atoms with Crippen molar-refractivity contribution in [2.24, 2.45) is 5.90 Å². The monoisotopic (exact) mass is 240 g/mol. The first-order chi connectivity index (χ1) is 7.70. The van der Waals surface area contributed by atoms with Gasteiger partial charge < -0.3 is 4.90 Å². The van der Waals surface area contributed by atoms with Gasteiger partial charge in [0.2, 0.25) is 0 Å². The zero-order chi connectivity index (χ0) is 11.5. The number of nitrogens with zero attached hydrogens (tertiary/aromatic N) is 1. The Balaban J connectivity index is 2.19. The molecule has 2 rings (SSSR count). The molecule has 16 heavy (non-hydrogen) atoms. The summed E-state index contributed by atoms with van der Waals surface area (Å²) in [5.41, 5.74) is 2.43. The lowest BCUT2D eigenvalue weighted by atomic mass is 10.1. The summed E-state index contributed by atoms with van der Waals surface area (Å²) in [5.74, 6) is 5.26. The van der Waals surface area contributed by atoms with Crippen molar-refractivity contribution in [2.75, 3.05) is 18.0 Å². The molecule has 1 aromatic carbocycles. The fourth-order valence-electron chi connectivity index (χ4n) is 2.19. The first kappa shape index (κ1) is 11.7. The van der Waals surface area contributed by atoms with Crippen molar-refractivity contribution in [1.29, 1.82) is 0 Å². The van der Waals surface area contributed by atoms with Gasteiger partial charge in [-0.15, -0.1) is 0 Å². The molecule has 0 bridgehead atoms. The third-order valence-corrected chi connectivity index (χ3v) is 3.32. The molecule has 1 aliphatic heterocycles. The van der Waals surface area contributed by atoms with E-state index in [0.29, 0.717) is 0 Å². The molecule has 2 N–H and O–H groups in total. The van der Waals surface area contributed by atoms with Gasteiger partial charge in [-0.05, 0) is 37.5 Å². The van der Waals surface area contributed by atoms with Gasteiger partial charge in [-0.3, -0.25) is 4.84 Å². The topological polar surface area (TPSA) is 38.5 Å². The number of halogens is 1. The Bertz CT molecular complexity index is 370. The largest absolute Gasteiger partial charge is 0.369 e. The molecule has 1 aromatic rings. The van der Waals surface area contributed by atoms with Crippen LogP contribution in [0.5, 0.6) is 0 Å². The second-order valence-electron chi connectivity index (χ2n) is 4.28. The van der Waals surface area contributed by atoms with E-state index in [1.165, 1.54) is 11.3 Å². The maximum Gasteiger partial charge on any atom is 0.0962 e. The number of hydrogen-bond acceptors (Lipinski definition) is 3. The second kappa shape index (κ2) is 5.04. The average molecular weight is 241 g/mol. The van der Waals surface area contributed by atoms with Crippen LogP contribution in [0.15, 0.2) is 18.2 Å². The van der Waals surface area contributed by atoms with Crippen molar-refractivity contribution < 1.29 is 4.84 Å². The quantitative estimate of drug-likeness (QED) is 0.808. The lowest BCUT2D eigenvalue weighted by Gasteiger charge is -2.34. The lowest BCUT2D eigenvalue weighted by Crippen LogP contribution is -2.41. The van der Waals surface area contributed by atoms with Gasteiger partial charge in [0.1, 0.15) is 0 Å². The summed E-state index contributed by atoms with van der Waals surface area (Å²) in [6.45, 7) is 3.98. The Morgan fingerprint density at radius 3 is 3.06 bits per heavy atom. The highest BCUT2D eigenvalue weighted by Gasteiger charge is 2.21. The van der Waals surface area contributed by atoms with Crippen LogP contribution in [-0.2, 0) is 4.84 Å². The molecule has 0 spiro atoms. The minimum atomic E-state index is 0.132. The van der Waals surface area contributed by atoms with Gasteiger partial charge in [0.05, 0.1) is 6.10 Å². The number of benzene rings is 1. The number of rotatable bonds is 2. The van der Waals surface area contributed by atoms with E-state index in [1.807, 2.05) is 18.2 Å². The Kier molecular flexibility index (Phi) is 3.69. The molecular formula is C12H17ClN2O. The van der Waals surface area contributed by atoms with Crippen LogP contribution in [0.1, 0.15) is 18.4 Å². The summed E-state index contributed by atoms with van der Waals surface area (Å²) in [7, 11) is 0. The summed E-state index contributed by atoms with van der Waals surface area (Å²) in [4.78, 5) is 7.23. The van der Waals surface area contributed by atoms with Crippen LogP contribution in [0.2, 0.25) is 5.02 Å². The number of piperidine rings is 1. The normalized spacial score (nSPS) is 21.2. The first-order valence-electron chi connectivity index (χ1n) is 5.57. The van der Waals surface area contributed by atoms with Gasteiger partial charge in [0.15, 0.2) is 0 Å². The van der Waals surface area contributed by atoms with Crippen LogP contribution in [0.4, 0.5) is 5.69 Å². The van der Waals surface area contributed by atoms with Crippen molar-refractivity contribution in [3.8, 4) is 0 Å². The molecule has 1 aliphatic rings. The van der Waals surface area contributed by atoms with E-state index in [2.05, 4.69) is 11.8 Å². The summed E-state index contributed by atoms with van der Waals surface area (Å²) >= 11 is 6.02. The number of anilines is 1. The van der Waals surface area contributed by atoms with Crippen LogP contribution in [-0.4, -0.2) is 19.2 Å². The number of aryl methyl sites for hydroxylation is 1. The van der Waals surface area contributed by atoms with Crippen LogP contribution in [0.3, 0.4) is 0 Å². The number of nitrogens with two attached hydrogens (primary N) is 1. The third kappa shape index (κ3) is 2.48. The molecule has 0 amide bonds. The van der Waals surface area contributed by atoms with Gasteiger partial charge in [-0.2, -0.15) is 0 Å². The molecule has 0 saturated carbocycles. The highest BCUT2D eigenvalue weighted by molar-refractivity contribution is 6.30. The molecule has 0 aliphatic carbocycles. The minimum absolute atomic E-state index is 0.132. The summed E-state index contributed by atoms with van der Waals surface area (Å²) in [6.07, 6.45) is 2.27. The van der Waals surface area contributed by atoms with Gasteiger partial charge in [-0.1, -0.05) is 17.7 Å². The molecule has 1 saturated heterocycles. The molecule has 4 heteroatoms. The average Bonchev–Trinajstić information content (AvgIpc) is 2.32. The zero-order valence-corrected chi connectivity index (χ0v) is 10.2. The van der Waals surface area contributed by atoms with Crippen LogP contribution < -0.4 is 10.8 Å². The summed E-state index contributed by atoms with van der Waals surface area (Å²) < 4.78 is 0. The minimum Gasteiger partial charge on any atom is -0.369 e. The van der Waals surface area contributed by atoms with Crippen molar-refractivity contribution in [3.05, 3.63) is 28.8 Å². The molecule has 1 unspecified atom stereocenters. The standard InChI is InChI=1S/C12H17ClN2O/c1-9-4-5-10(13)7-12(9)15-6-2-3-11(8-15)16-14/h4-5,7,11H,2-3,6,8,14H2,1H3. The van der Waals surface area contributed by atoms with E-state index < -0.39 is 0 Å². The molecule has 88 valence electrons. The van der Waals surface area contributed by atoms with Crippen molar-refractivity contribution in [2.45, 2.75) is 25.9 Å². The molecular weight excluding hydrogens is 224 g/mol. The fraction of sp³-hybridized carbons (Fsp3) is 0.500. The Morgan fingerprint density at radius 2 is 2.31 bits per heavy atom. The maximum atomic E-state index is 6.02. The van der Waals surface area contributed by atoms with Crippen molar-refractivity contribution in [1.82, 2.24) is 0 Å². The highest BCUT2D eigenvalue weighted by Crippen LogP contribution is 2.27. The smallest absolute Gasteiger partial charge is 0.0962 e. The molecule has 0 aromatic heterocycles. The Hall–Kier alpha value is -0.770. The second-order valence-corrected chi connectivity index (χ2v) is 4.71. The van der Waals surface area contributed by atoms with Crippen molar-refractivity contribution in [3.63, 3.8) is 0 Å². The molecule has 1 atom stereocenters. The van der Waals surface area contributed by atoms with Gasteiger partial charge in [-0.25, -0.2) is 5.90 Å². The van der Waals surface area contributed by atoms with E-state index >= 15 is 0 Å². The lowest BCUT2D eigenvalue weighted by molar-refractivity contribution is 0.0434. The van der Waals surface area contributed by atoms with Gasteiger partial charge >= 0.3 is 0 Å². The van der Waals surface area contributed by atoms with Crippen molar-refractivity contribution >= 4 is 17.3 Å². The molecule has 1 heterocycles. The van der Waals surface area contributed by atoms with E-state index in [9.17, 15) is 0 Å². The molecule has 3 nitrogen and oxygen atoms in total.